The lowest BCUT2D eigenvalue weighted by Gasteiger charge is -2.10. The molecule has 1 aliphatic heterocycles. The highest BCUT2D eigenvalue weighted by atomic mass is 35.5. The van der Waals surface area contributed by atoms with Crippen molar-refractivity contribution in [2.24, 2.45) is 4.99 Å². The number of hydrogen-bond donors (Lipinski definition) is 2. The SMILES string of the molecule is CC(C)n1nc(-c2ccc(Cl)c3c2C=NC3)c2c(N)nc(Nc3ccc(S(C)(=O)=O)cc3F)nc21. The summed E-state index contributed by atoms with van der Waals surface area (Å²) >= 11 is 6.35. The number of benzene rings is 2. The minimum absolute atomic E-state index is 0.0127. The minimum atomic E-state index is -3.54. The molecule has 0 saturated heterocycles. The first-order chi connectivity index (χ1) is 16.5. The van der Waals surface area contributed by atoms with Gasteiger partial charge in [-0.1, -0.05) is 17.7 Å². The lowest BCUT2D eigenvalue weighted by atomic mass is 9.99. The van der Waals surface area contributed by atoms with Crippen LogP contribution >= 0.6 is 11.6 Å². The zero-order valence-electron chi connectivity index (χ0n) is 19.0. The number of halogens is 2. The molecule has 0 atom stereocenters. The molecule has 35 heavy (non-hydrogen) atoms. The van der Waals surface area contributed by atoms with Gasteiger partial charge in [0, 0.05) is 40.2 Å². The molecule has 2 aromatic carbocycles. The highest BCUT2D eigenvalue weighted by molar-refractivity contribution is 7.90. The van der Waals surface area contributed by atoms with E-state index in [1.165, 1.54) is 12.1 Å². The van der Waals surface area contributed by atoms with Gasteiger partial charge in [0.1, 0.15) is 17.3 Å². The number of sulfone groups is 1. The fourth-order valence-electron chi connectivity index (χ4n) is 4.00. The summed E-state index contributed by atoms with van der Waals surface area (Å²) in [7, 11) is -3.54. The molecule has 3 N–H and O–H groups in total. The molecular formula is C23H21ClFN7O2S. The highest BCUT2D eigenvalue weighted by Crippen LogP contribution is 2.38. The normalized spacial score (nSPS) is 13.1. The summed E-state index contributed by atoms with van der Waals surface area (Å²) in [6.45, 7) is 4.41. The Balaban J connectivity index is 1.64. The Morgan fingerprint density at radius 1 is 1.20 bits per heavy atom. The van der Waals surface area contributed by atoms with Gasteiger partial charge in [-0.05, 0) is 38.1 Å². The van der Waals surface area contributed by atoms with Crippen LogP contribution in [0.15, 0.2) is 40.2 Å². The van der Waals surface area contributed by atoms with Gasteiger partial charge in [0.25, 0.3) is 0 Å². The lowest BCUT2D eigenvalue weighted by molar-refractivity contribution is 0.548. The number of fused-ring (bicyclic) bond motifs is 2. The molecule has 2 aromatic heterocycles. The molecule has 1 aliphatic rings. The van der Waals surface area contributed by atoms with Gasteiger partial charge in [-0.3, -0.25) is 4.99 Å². The Hall–Kier alpha value is -3.57. The van der Waals surface area contributed by atoms with Crippen molar-refractivity contribution in [3.05, 3.63) is 52.3 Å². The van der Waals surface area contributed by atoms with Crippen molar-refractivity contribution in [2.45, 2.75) is 31.3 Å². The Labute approximate surface area is 205 Å². The quantitative estimate of drug-likeness (QED) is 0.401. The molecule has 4 aromatic rings. The number of aliphatic imine (C=N–C) groups is 1. The molecule has 0 unspecified atom stereocenters. The lowest BCUT2D eigenvalue weighted by Crippen LogP contribution is -2.07. The number of anilines is 3. The predicted molar refractivity (Wildman–Crippen MR) is 135 cm³/mol. The predicted octanol–water partition coefficient (Wildman–Crippen LogP) is 4.53. The number of aromatic nitrogens is 4. The van der Waals surface area contributed by atoms with E-state index in [0.29, 0.717) is 28.3 Å². The molecule has 9 nitrogen and oxygen atoms in total. The summed E-state index contributed by atoms with van der Waals surface area (Å²) in [5.74, 6) is -0.548. The number of nitrogen functional groups attached to an aromatic ring is 1. The van der Waals surface area contributed by atoms with E-state index >= 15 is 0 Å². The van der Waals surface area contributed by atoms with Gasteiger partial charge < -0.3 is 11.1 Å². The Kier molecular flexibility index (Phi) is 5.48. The third-order valence-corrected chi connectivity index (χ3v) is 7.17. The molecule has 0 radical (unpaired) electrons. The van der Waals surface area contributed by atoms with Crippen LogP contribution in [0.1, 0.15) is 31.0 Å². The van der Waals surface area contributed by atoms with Gasteiger partial charge in [0.2, 0.25) is 5.95 Å². The van der Waals surface area contributed by atoms with Crippen molar-refractivity contribution in [3.8, 4) is 11.3 Å². The van der Waals surface area contributed by atoms with Crippen molar-refractivity contribution < 1.29 is 12.8 Å². The summed E-state index contributed by atoms with van der Waals surface area (Å²) in [6, 6.07) is 7.18. The fraction of sp³-hybridized carbons (Fsp3) is 0.217. The molecule has 0 bridgehead atoms. The zero-order chi connectivity index (χ0) is 25.1. The van der Waals surface area contributed by atoms with Crippen molar-refractivity contribution >= 4 is 56.1 Å². The zero-order valence-corrected chi connectivity index (χ0v) is 20.6. The monoisotopic (exact) mass is 513 g/mol. The van der Waals surface area contributed by atoms with Crippen LogP contribution in [0.25, 0.3) is 22.3 Å². The minimum Gasteiger partial charge on any atom is -0.383 e. The van der Waals surface area contributed by atoms with E-state index < -0.39 is 15.7 Å². The maximum Gasteiger partial charge on any atom is 0.231 e. The first-order valence-corrected chi connectivity index (χ1v) is 13.0. The van der Waals surface area contributed by atoms with Crippen LogP contribution in [-0.2, 0) is 16.4 Å². The summed E-state index contributed by atoms with van der Waals surface area (Å²) < 4.78 is 39.7. The number of rotatable bonds is 5. The van der Waals surface area contributed by atoms with E-state index in [1.54, 1.807) is 17.0 Å². The van der Waals surface area contributed by atoms with Gasteiger partial charge in [0.15, 0.2) is 15.5 Å². The maximum atomic E-state index is 14.6. The van der Waals surface area contributed by atoms with Gasteiger partial charge in [-0.15, -0.1) is 0 Å². The molecule has 0 amide bonds. The van der Waals surface area contributed by atoms with Crippen molar-refractivity contribution in [2.75, 3.05) is 17.3 Å². The molecule has 180 valence electrons. The van der Waals surface area contributed by atoms with E-state index in [1.807, 2.05) is 19.9 Å². The van der Waals surface area contributed by atoms with Crippen LogP contribution in [0.5, 0.6) is 0 Å². The van der Waals surface area contributed by atoms with Gasteiger partial charge in [0.05, 0.1) is 22.5 Å². The number of nitrogens with two attached hydrogens (primary N) is 1. The van der Waals surface area contributed by atoms with Crippen molar-refractivity contribution in [1.82, 2.24) is 19.7 Å². The van der Waals surface area contributed by atoms with Crippen LogP contribution in [-0.4, -0.2) is 40.6 Å². The summed E-state index contributed by atoms with van der Waals surface area (Å²) in [6.07, 6.45) is 2.78. The van der Waals surface area contributed by atoms with E-state index in [9.17, 15) is 12.8 Å². The van der Waals surface area contributed by atoms with E-state index in [-0.39, 0.29) is 28.4 Å². The smallest absolute Gasteiger partial charge is 0.231 e. The van der Waals surface area contributed by atoms with E-state index in [0.717, 1.165) is 29.0 Å². The molecule has 0 aliphatic carbocycles. The van der Waals surface area contributed by atoms with Gasteiger partial charge in [-0.2, -0.15) is 15.1 Å². The van der Waals surface area contributed by atoms with E-state index in [4.69, 9.17) is 22.4 Å². The van der Waals surface area contributed by atoms with Crippen LogP contribution < -0.4 is 11.1 Å². The van der Waals surface area contributed by atoms with Crippen LogP contribution in [0.2, 0.25) is 5.02 Å². The first kappa shape index (κ1) is 23.2. The third kappa shape index (κ3) is 4.00. The first-order valence-electron chi connectivity index (χ1n) is 10.7. The number of nitrogens with one attached hydrogen (secondary N) is 1. The average Bonchev–Trinajstić information content (AvgIpc) is 3.41. The van der Waals surface area contributed by atoms with Gasteiger partial charge in [-0.25, -0.2) is 17.5 Å². The van der Waals surface area contributed by atoms with Gasteiger partial charge >= 0.3 is 0 Å². The number of hydrogen-bond acceptors (Lipinski definition) is 8. The summed E-state index contributed by atoms with van der Waals surface area (Å²) in [5.41, 5.74) is 10.1. The van der Waals surface area contributed by atoms with Crippen LogP contribution in [0, 0.1) is 5.82 Å². The molecule has 5 rings (SSSR count). The summed E-state index contributed by atoms with van der Waals surface area (Å²) in [5, 5.41) is 8.78. The van der Waals surface area contributed by atoms with Crippen molar-refractivity contribution in [3.63, 3.8) is 0 Å². The fourth-order valence-corrected chi connectivity index (χ4v) is 4.85. The molecule has 0 spiro atoms. The summed E-state index contributed by atoms with van der Waals surface area (Å²) in [4.78, 5) is 13.1. The van der Waals surface area contributed by atoms with Crippen LogP contribution in [0.3, 0.4) is 0 Å². The average molecular weight is 514 g/mol. The molecule has 0 saturated carbocycles. The third-order valence-electron chi connectivity index (χ3n) is 5.71. The highest BCUT2D eigenvalue weighted by Gasteiger charge is 2.24. The Bertz CT molecular complexity index is 1650. The second-order valence-electron chi connectivity index (χ2n) is 8.51. The molecule has 0 fully saturated rings. The van der Waals surface area contributed by atoms with E-state index in [2.05, 4.69) is 20.3 Å². The number of nitrogens with zero attached hydrogens (tertiary/aromatic N) is 5. The largest absolute Gasteiger partial charge is 0.383 e. The Morgan fingerprint density at radius 2 is 1.97 bits per heavy atom. The molecule has 12 heteroatoms. The standard InChI is InChI=1S/C23H21ClFN7O2S/c1-11(2)32-22-19(20(31-32)13-5-6-16(24)15-10-27-9-14(13)15)21(26)29-23(30-22)28-18-7-4-12(8-17(18)25)35(3,33)34/h4-9,11H,10H2,1-3H3,(H3,26,28,29,30). The second kappa shape index (κ2) is 8.28. The molecular weight excluding hydrogens is 493 g/mol. The topological polar surface area (TPSA) is 128 Å². The second-order valence-corrected chi connectivity index (χ2v) is 10.9. The maximum absolute atomic E-state index is 14.6. The molecule has 3 heterocycles. The van der Waals surface area contributed by atoms with Crippen molar-refractivity contribution in [1.29, 1.82) is 0 Å². The van der Waals surface area contributed by atoms with Crippen LogP contribution in [0.4, 0.5) is 21.8 Å². The Morgan fingerprint density at radius 3 is 2.66 bits per heavy atom.